The Morgan fingerprint density at radius 2 is 1.79 bits per heavy atom. The average molecular weight is 447 g/mol. The highest BCUT2D eigenvalue weighted by Gasteiger charge is 2.31. The van der Waals surface area contributed by atoms with Gasteiger partial charge in [-0.2, -0.15) is 4.31 Å². The maximum atomic E-state index is 12.8. The van der Waals surface area contributed by atoms with Crippen LogP contribution in [0.25, 0.3) is 0 Å². The quantitative estimate of drug-likeness (QED) is 0.596. The SMILES string of the molecule is CN(CCCO)C(=O)CCOC1CCC(N(C)S(=O)(=O)c2ccc(Cl)cc2)CC1. The van der Waals surface area contributed by atoms with Gasteiger partial charge in [-0.05, 0) is 56.4 Å². The molecule has 29 heavy (non-hydrogen) atoms. The molecule has 1 aromatic carbocycles. The summed E-state index contributed by atoms with van der Waals surface area (Å²) in [5, 5.41) is 9.32. The summed E-state index contributed by atoms with van der Waals surface area (Å²) in [6.45, 7) is 0.963. The number of rotatable bonds is 10. The molecule has 0 spiro atoms. The van der Waals surface area contributed by atoms with Crippen LogP contribution in [-0.2, 0) is 19.6 Å². The molecule has 7 nitrogen and oxygen atoms in total. The summed E-state index contributed by atoms with van der Waals surface area (Å²) in [5.74, 6) is 0.000859. The highest BCUT2D eigenvalue weighted by atomic mass is 35.5. The second-order valence-electron chi connectivity index (χ2n) is 7.42. The van der Waals surface area contributed by atoms with Gasteiger partial charge in [0.15, 0.2) is 0 Å². The molecule has 1 amide bonds. The Morgan fingerprint density at radius 1 is 1.17 bits per heavy atom. The highest BCUT2D eigenvalue weighted by Crippen LogP contribution is 2.28. The van der Waals surface area contributed by atoms with Crippen LogP contribution >= 0.6 is 11.6 Å². The third-order valence-corrected chi connectivity index (χ3v) is 7.57. The van der Waals surface area contributed by atoms with E-state index in [1.807, 2.05) is 0 Å². The topological polar surface area (TPSA) is 87.2 Å². The number of halogens is 1. The zero-order valence-corrected chi connectivity index (χ0v) is 18.7. The van der Waals surface area contributed by atoms with E-state index in [9.17, 15) is 13.2 Å². The smallest absolute Gasteiger partial charge is 0.243 e. The normalized spacial score (nSPS) is 20.0. The molecule has 9 heteroatoms. The van der Waals surface area contributed by atoms with Crippen LogP contribution in [0.2, 0.25) is 5.02 Å². The molecule has 164 valence electrons. The molecule has 1 aliphatic rings. The number of amides is 1. The number of carbonyl (C=O) groups is 1. The Balaban J connectivity index is 1.77. The van der Waals surface area contributed by atoms with Crippen LogP contribution in [0.15, 0.2) is 29.2 Å². The number of aliphatic hydroxyl groups is 1. The molecule has 0 heterocycles. The Morgan fingerprint density at radius 3 is 2.38 bits per heavy atom. The van der Waals surface area contributed by atoms with E-state index in [1.54, 1.807) is 31.1 Å². The van der Waals surface area contributed by atoms with Crippen molar-refractivity contribution in [3.05, 3.63) is 29.3 Å². The van der Waals surface area contributed by atoms with Crippen molar-refractivity contribution in [1.82, 2.24) is 9.21 Å². The van der Waals surface area contributed by atoms with Gasteiger partial charge in [-0.1, -0.05) is 11.6 Å². The Kier molecular flexibility index (Phi) is 9.36. The number of benzene rings is 1. The number of sulfonamides is 1. The predicted octanol–water partition coefficient (Wildman–Crippen LogP) is 2.52. The third-order valence-electron chi connectivity index (χ3n) is 5.40. The molecule has 2 rings (SSSR count). The molecule has 0 radical (unpaired) electrons. The van der Waals surface area contributed by atoms with E-state index in [1.165, 1.54) is 16.4 Å². The lowest BCUT2D eigenvalue weighted by atomic mass is 9.93. The molecule has 1 N–H and O–H groups in total. The molecular formula is C20H31ClN2O5S. The maximum absolute atomic E-state index is 12.8. The molecule has 1 fully saturated rings. The van der Waals surface area contributed by atoms with Crippen molar-refractivity contribution in [2.45, 2.75) is 55.6 Å². The zero-order valence-electron chi connectivity index (χ0n) is 17.1. The molecule has 0 unspecified atom stereocenters. The minimum Gasteiger partial charge on any atom is -0.396 e. The number of hydrogen-bond donors (Lipinski definition) is 1. The maximum Gasteiger partial charge on any atom is 0.243 e. The van der Waals surface area contributed by atoms with Gasteiger partial charge >= 0.3 is 0 Å². The van der Waals surface area contributed by atoms with Crippen molar-refractivity contribution >= 4 is 27.5 Å². The van der Waals surface area contributed by atoms with Gasteiger partial charge < -0.3 is 14.7 Å². The average Bonchev–Trinajstić information content (AvgIpc) is 2.72. The van der Waals surface area contributed by atoms with Gasteiger partial charge in [0.05, 0.1) is 24.0 Å². The standard InChI is InChI=1S/C20H31ClN2O5S/c1-22(13-3-14-24)20(25)12-15-28-18-8-6-17(7-9-18)23(2)29(26,27)19-10-4-16(21)5-11-19/h4-5,10-11,17-18,24H,3,6-9,12-15H2,1-2H3. The van der Waals surface area contributed by atoms with E-state index >= 15 is 0 Å². The molecule has 0 aliphatic heterocycles. The molecule has 1 aromatic rings. The van der Waals surface area contributed by atoms with Gasteiger partial charge in [-0.25, -0.2) is 8.42 Å². The zero-order chi connectivity index (χ0) is 21.4. The molecule has 1 saturated carbocycles. The van der Waals surface area contributed by atoms with E-state index in [4.69, 9.17) is 21.4 Å². The molecule has 0 aromatic heterocycles. The number of carbonyl (C=O) groups excluding carboxylic acids is 1. The van der Waals surface area contributed by atoms with Crippen LogP contribution in [0.3, 0.4) is 0 Å². The lowest BCUT2D eigenvalue weighted by Gasteiger charge is -2.34. The first-order chi connectivity index (χ1) is 13.8. The minimum absolute atomic E-state index is 0.000859. The Labute approximate surface area is 178 Å². The van der Waals surface area contributed by atoms with Crippen LogP contribution in [0.4, 0.5) is 0 Å². The lowest BCUT2D eigenvalue weighted by Crippen LogP contribution is -2.40. The largest absolute Gasteiger partial charge is 0.396 e. The van der Waals surface area contributed by atoms with Gasteiger partial charge in [0.1, 0.15) is 0 Å². The first-order valence-corrected chi connectivity index (χ1v) is 11.8. The summed E-state index contributed by atoms with van der Waals surface area (Å²) >= 11 is 5.85. The van der Waals surface area contributed by atoms with Crippen molar-refractivity contribution in [3.8, 4) is 0 Å². The predicted molar refractivity (Wildman–Crippen MR) is 112 cm³/mol. The Bertz CT molecular complexity index is 749. The van der Waals surface area contributed by atoms with Crippen LogP contribution in [0.1, 0.15) is 38.5 Å². The van der Waals surface area contributed by atoms with Crippen molar-refractivity contribution in [2.75, 3.05) is 33.9 Å². The van der Waals surface area contributed by atoms with Crippen molar-refractivity contribution in [3.63, 3.8) is 0 Å². The van der Waals surface area contributed by atoms with Gasteiger partial charge in [0, 0.05) is 38.3 Å². The fraction of sp³-hybridized carbons (Fsp3) is 0.650. The fourth-order valence-corrected chi connectivity index (χ4v) is 5.02. The van der Waals surface area contributed by atoms with Crippen LogP contribution in [0.5, 0.6) is 0 Å². The summed E-state index contributed by atoms with van der Waals surface area (Å²) in [5.41, 5.74) is 0. The third kappa shape index (κ3) is 6.93. The number of ether oxygens (including phenoxy) is 1. The van der Waals surface area contributed by atoms with Crippen LogP contribution < -0.4 is 0 Å². The summed E-state index contributed by atoms with van der Waals surface area (Å²) in [6.07, 6.45) is 3.90. The molecule has 0 atom stereocenters. The number of hydrogen-bond acceptors (Lipinski definition) is 5. The van der Waals surface area contributed by atoms with Crippen LogP contribution in [0, 0.1) is 0 Å². The van der Waals surface area contributed by atoms with Crippen molar-refractivity contribution < 1.29 is 23.1 Å². The molecule has 1 aliphatic carbocycles. The summed E-state index contributed by atoms with van der Waals surface area (Å²) in [4.78, 5) is 13.8. The first kappa shape index (κ1) is 24.1. The summed E-state index contributed by atoms with van der Waals surface area (Å²) < 4.78 is 32.9. The lowest BCUT2D eigenvalue weighted by molar-refractivity contribution is -0.131. The fourth-order valence-electron chi connectivity index (χ4n) is 3.48. The monoisotopic (exact) mass is 446 g/mol. The first-order valence-electron chi connectivity index (χ1n) is 9.95. The second kappa shape index (κ2) is 11.3. The molecular weight excluding hydrogens is 416 g/mol. The molecule has 0 saturated heterocycles. The van der Waals surface area contributed by atoms with E-state index in [2.05, 4.69) is 0 Å². The van der Waals surface area contributed by atoms with Crippen molar-refractivity contribution in [1.29, 1.82) is 0 Å². The van der Waals surface area contributed by atoms with E-state index in [0.717, 1.165) is 25.7 Å². The van der Waals surface area contributed by atoms with Gasteiger partial charge in [0.2, 0.25) is 15.9 Å². The number of nitrogens with zero attached hydrogens (tertiary/aromatic N) is 2. The van der Waals surface area contributed by atoms with Gasteiger partial charge in [-0.3, -0.25) is 4.79 Å². The Hall–Kier alpha value is -1.19. The summed E-state index contributed by atoms with van der Waals surface area (Å²) in [7, 11) is -0.208. The van der Waals surface area contributed by atoms with E-state index in [-0.39, 0.29) is 29.6 Å². The number of aliphatic hydroxyl groups excluding tert-OH is 1. The highest BCUT2D eigenvalue weighted by molar-refractivity contribution is 7.89. The summed E-state index contributed by atoms with van der Waals surface area (Å²) in [6, 6.07) is 6.14. The van der Waals surface area contributed by atoms with E-state index in [0.29, 0.717) is 31.0 Å². The van der Waals surface area contributed by atoms with Crippen molar-refractivity contribution in [2.24, 2.45) is 0 Å². The molecule has 0 bridgehead atoms. The van der Waals surface area contributed by atoms with Gasteiger partial charge in [-0.15, -0.1) is 0 Å². The van der Waals surface area contributed by atoms with Gasteiger partial charge in [0.25, 0.3) is 0 Å². The van der Waals surface area contributed by atoms with Crippen LogP contribution in [-0.4, -0.2) is 74.6 Å². The second-order valence-corrected chi connectivity index (χ2v) is 9.85. The van der Waals surface area contributed by atoms with E-state index < -0.39 is 10.0 Å². The minimum atomic E-state index is -3.55.